The Morgan fingerprint density at radius 2 is 1.87 bits per heavy atom. The molecule has 0 unspecified atom stereocenters. The number of nitrogens with one attached hydrogen (secondary N) is 2. The highest BCUT2D eigenvalue weighted by Gasteiger charge is 2.20. The number of halogens is 2. The third kappa shape index (κ3) is 4.16. The number of ether oxygens (including phenoxy) is 1. The van der Waals surface area contributed by atoms with Gasteiger partial charge in [-0.1, -0.05) is 29.3 Å². The van der Waals surface area contributed by atoms with Crippen LogP contribution in [0.15, 0.2) is 23.6 Å². The standard InChI is InChI=1S/C15H14Cl2N2O3S/c1-3-22-14(20)11-8(2)7-23-13(11)19-15(21)18-12-9(16)5-4-6-10(12)17/h4-7H,3H2,1-2H3,(H2,18,19,21). The fourth-order valence-electron chi connectivity index (χ4n) is 1.86. The average Bonchev–Trinajstić information content (AvgIpc) is 2.84. The molecule has 0 atom stereocenters. The first-order valence-corrected chi connectivity index (χ1v) is 8.34. The SMILES string of the molecule is CCOC(=O)c1c(C)csc1NC(=O)Nc1c(Cl)cccc1Cl. The number of hydrogen-bond acceptors (Lipinski definition) is 4. The molecule has 0 aliphatic carbocycles. The quantitative estimate of drug-likeness (QED) is 0.726. The van der Waals surface area contributed by atoms with Gasteiger partial charge >= 0.3 is 12.0 Å². The van der Waals surface area contributed by atoms with Gasteiger partial charge in [0.1, 0.15) is 5.00 Å². The van der Waals surface area contributed by atoms with Crippen molar-refractivity contribution in [3.05, 3.63) is 44.8 Å². The summed E-state index contributed by atoms with van der Waals surface area (Å²) in [6, 6.07) is 4.35. The zero-order valence-electron chi connectivity index (χ0n) is 12.4. The molecule has 0 saturated carbocycles. The van der Waals surface area contributed by atoms with Crippen LogP contribution >= 0.6 is 34.5 Å². The van der Waals surface area contributed by atoms with E-state index in [2.05, 4.69) is 10.6 Å². The number of rotatable bonds is 4. The number of benzene rings is 1. The fraction of sp³-hybridized carbons (Fsp3) is 0.200. The van der Waals surface area contributed by atoms with Crippen LogP contribution in [0.2, 0.25) is 10.0 Å². The molecule has 0 fully saturated rings. The highest BCUT2D eigenvalue weighted by molar-refractivity contribution is 7.15. The molecule has 0 aliphatic heterocycles. The molecule has 2 amide bonds. The largest absolute Gasteiger partial charge is 0.462 e. The van der Waals surface area contributed by atoms with E-state index in [4.69, 9.17) is 27.9 Å². The van der Waals surface area contributed by atoms with Gasteiger partial charge in [0.15, 0.2) is 0 Å². The first-order valence-electron chi connectivity index (χ1n) is 6.71. The van der Waals surface area contributed by atoms with Gasteiger partial charge in [-0.2, -0.15) is 0 Å². The number of urea groups is 1. The zero-order valence-corrected chi connectivity index (χ0v) is 14.7. The number of carbonyl (C=O) groups excluding carboxylic acids is 2. The lowest BCUT2D eigenvalue weighted by molar-refractivity contribution is 0.0527. The fourth-order valence-corrected chi connectivity index (χ4v) is 3.28. The van der Waals surface area contributed by atoms with Crippen LogP contribution in [0.25, 0.3) is 0 Å². The van der Waals surface area contributed by atoms with Gasteiger partial charge in [-0.25, -0.2) is 9.59 Å². The molecule has 2 N–H and O–H groups in total. The Morgan fingerprint density at radius 1 is 1.22 bits per heavy atom. The second-order valence-corrected chi connectivity index (χ2v) is 6.21. The highest BCUT2D eigenvalue weighted by atomic mass is 35.5. The third-order valence-corrected chi connectivity index (χ3v) is 4.53. The summed E-state index contributed by atoms with van der Waals surface area (Å²) < 4.78 is 5.00. The molecule has 8 heteroatoms. The zero-order chi connectivity index (χ0) is 17.0. The van der Waals surface area contributed by atoms with E-state index >= 15 is 0 Å². The van der Waals surface area contributed by atoms with Crippen molar-refractivity contribution in [1.82, 2.24) is 0 Å². The molecule has 122 valence electrons. The van der Waals surface area contributed by atoms with Gasteiger partial charge < -0.3 is 10.1 Å². The van der Waals surface area contributed by atoms with E-state index in [0.29, 0.717) is 26.3 Å². The first-order chi connectivity index (χ1) is 10.9. The van der Waals surface area contributed by atoms with Crippen LogP contribution in [-0.2, 0) is 4.74 Å². The maximum Gasteiger partial charge on any atom is 0.341 e. The number of anilines is 2. The molecule has 0 spiro atoms. The molecular weight excluding hydrogens is 359 g/mol. The second kappa shape index (κ2) is 7.68. The summed E-state index contributed by atoms with van der Waals surface area (Å²) in [5, 5.41) is 8.01. The number of amides is 2. The van der Waals surface area contributed by atoms with Gasteiger partial charge in [-0.05, 0) is 36.9 Å². The minimum atomic E-state index is -0.549. The van der Waals surface area contributed by atoms with E-state index in [-0.39, 0.29) is 6.61 Å². The van der Waals surface area contributed by atoms with E-state index in [1.54, 1.807) is 37.4 Å². The van der Waals surface area contributed by atoms with E-state index in [0.717, 1.165) is 5.56 Å². The van der Waals surface area contributed by atoms with Crippen molar-refractivity contribution < 1.29 is 14.3 Å². The Hall–Kier alpha value is -1.76. The van der Waals surface area contributed by atoms with Crippen molar-refractivity contribution in [3.63, 3.8) is 0 Å². The van der Waals surface area contributed by atoms with Crippen LogP contribution in [0, 0.1) is 6.92 Å². The molecule has 5 nitrogen and oxygen atoms in total. The van der Waals surface area contributed by atoms with E-state index < -0.39 is 12.0 Å². The van der Waals surface area contributed by atoms with Crippen LogP contribution in [0.5, 0.6) is 0 Å². The van der Waals surface area contributed by atoms with Gasteiger partial charge in [0.25, 0.3) is 0 Å². The van der Waals surface area contributed by atoms with Gasteiger partial charge in [0, 0.05) is 0 Å². The lowest BCUT2D eigenvalue weighted by atomic mass is 10.2. The molecule has 2 rings (SSSR count). The normalized spacial score (nSPS) is 10.3. The first kappa shape index (κ1) is 17.6. The summed E-state index contributed by atoms with van der Waals surface area (Å²) in [4.78, 5) is 24.1. The molecular formula is C15H14Cl2N2O3S. The highest BCUT2D eigenvalue weighted by Crippen LogP contribution is 2.31. The Bertz CT molecular complexity index is 726. The molecule has 0 saturated heterocycles. The van der Waals surface area contributed by atoms with Gasteiger partial charge in [0.2, 0.25) is 0 Å². The summed E-state index contributed by atoms with van der Waals surface area (Å²) >= 11 is 13.2. The monoisotopic (exact) mass is 372 g/mol. The number of hydrogen-bond donors (Lipinski definition) is 2. The lowest BCUT2D eigenvalue weighted by Gasteiger charge is -2.11. The lowest BCUT2D eigenvalue weighted by Crippen LogP contribution is -2.21. The van der Waals surface area contributed by atoms with Crippen LogP contribution < -0.4 is 10.6 Å². The van der Waals surface area contributed by atoms with Crippen LogP contribution in [-0.4, -0.2) is 18.6 Å². The second-order valence-electron chi connectivity index (χ2n) is 4.52. The predicted molar refractivity (Wildman–Crippen MR) is 94.1 cm³/mol. The van der Waals surface area contributed by atoms with Crippen molar-refractivity contribution in [3.8, 4) is 0 Å². The van der Waals surface area contributed by atoms with Crippen molar-refractivity contribution >= 4 is 57.2 Å². The third-order valence-electron chi connectivity index (χ3n) is 2.88. The maximum atomic E-state index is 12.1. The Balaban J connectivity index is 2.17. The molecule has 0 bridgehead atoms. The predicted octanol–water partition coefficient (Wildman–Crippen LogP) is 5.18. The van der Waals surface area contributed by atoms with Gasteiger partial charge in [0.05, 0.1) is 27.9 Å². The average molecular weight is 373 g/mol. The van der Waals surface area contributed by atoms with Gasteiger partial charge in [-0.15, -0.1) is 11.3 Å². The van der Waals surface area contributed by atoms with Crippen molar-refractivity contribution in [2.45, 2.75) is 13.8 Å². The summed E-state index contributed by atoms with van der Waals surface area (Å²) in [5.41, 5.74) is 1.39. The van der Waals surface area contributed by atoms with E-state index in [1.807, 2.05) is 0 Å². The summed E-state index contributed by atoms with van der Waals surface area (Å²) in [7, 11) is 0. The van der Waals surface area contributed by atoms with E-state index in [9.17, 15) is 9.59 Å². The number of carbonyl (C=O) groups is 2. The van der Waals surface area contributed by atoms with Crippen molar-refractivity contribution in [2.75, 3.05) is 17.2 Å². The van der Waals surface area contributed by atoms with E-state index in [1.165, 1.54) is 11.3 Å². The van der Waals surface area contributed by atoms with Crippen molar-refractivity contribution in [1.29, 1.82) is 0 Å². The summed E-state index contributed by atoms with van der Waals surface area (Å²) in [6.45, 7) is 3.75. The molecule has 0 radical (unpaired) electrons. The van der Waals surface area contributed by atoms with Gasteiger partial charge in [-0.3, -0.25) is 5.32 Å². The number of esters is 1. The number of aryl methyl sites for hydroxylation is 1. The molecule has 0 aliphatic rings. The van der Waals surface area contributed by atoms with Crippen LogP contribution in [0.1, 0.15) is 22.8 Å². The number of thiophene rings is 1. The Morgan fingerprint density at radius 3 is 2.48 bits per heavy atom. The minimum Gasteiger partial charge on any atom is -0.462 e. The summed E-state index contributed by atoms with van der Waals surface area (Å²) in [6.07, 6.45) is 0. The smallest absolute Gasteiger partial charge is 0.341 e. The topological polar surface area (TPSA) is 67.4 Å². The molecule has 1 aromatic heterocycles. The Labute approximate surface area is 147 Å². The van der Waals surface area contributed by atoms with Crippen molar-refractivity contribution in [2.24, 2.45) is 0 Å². The summed E-state index contributed by atoms with van der Waals surface area (Å²) in [5.74, 6) is -0.475. The molecule has 23 heavy (non-hydrogen) atoms. The minimum absolute atomic E-state index is 0.259. The van der Waals surface area contributed by atoms with Crippen LogP contribution in [0.4, 0.5) is 15.5 Å². The Kier molecular flexibility index (Phi) is 5.87. The molecule has 2 aromatic rings. The molecule has 1 heterocycles. The number of para-hydroxylation sites is 1. The molecule has 1 aromatic carbocycles. The van der Waals surface area contributed by atoms with Crippen LogP contribution in [0.3, 0.4) is 0 Å². The maximum absolute atomic E-state index is 12.1.